The van der Waals surface area contributed by atoms with E-state index in [1.807, 2.05) is 30.3 Å². The number of aromatic nitrogens is 5. The van der Waals surface area contributed by atoms with Crippen molar-refractivity contribution in [1.29, 1.82) is 0 Å². The normalized spacial score (nSPS) is 19.2. The maximum Gasteiger partial charge on any atom is 0.413 e. The number of anilines is 1. The van der Waals surface area contributed by atoms with Crippen LogP contribution < -0.4 is 11.0 Å². The number of rotatable bonds is 9. The summed E-state index contributed by atoms with van der Waals surface area (Å²) in [7, 11) is 0. The van der Waals surface area contributed by atoms with Crippen molar-refractivity contribution in [3.8, 4) is 11.3 Å². The molecule has 3 atom stereocenters. The molecule has 17 heteroatoms. The number of non-ortho nitro benzene ring substituents is 1. The van der Waals surface area contributed by atoms with E-state index in [0.29, 0.717) is 10.1 Å². The molecule has 0 spiro atoms. The summed E-state index contributed by atoms with van der Waals surface area (Å²) in [5.41, 5.74) is -0.223. The van der Waals surface area contributed by atoms with E-state index in [4.69, 9.17) is 9.47 Å². The highest BCUT2D eigenvalue weighted by Crippen LogP contribution is 2.42. The molecule has 1 fully saturated rings. The van der Waals surface area contributed by atoms with Crippen molar-refractivity contribution in [2.75, 3.05) is 11.9 Å². The Kier molecular flexibility index (Phi) is 8.20. The van der Waals surface area contributed by atoms with E-state index in [1.54, 1.807) is 0 Å². The first-order valence-electron chi connectivity index (χ1n) is 12.6. The Balaban J connectivity index is 1.45. The molecule has 5 rings (SSSR count). The number of nitro groups is 1. The van der Waals surface area contributed by atoms with Crippen molar-refractivity contribution >= 4 is 17.6 Å². The first kappa shape index (κ1) is 29.4. The van der Waals surface area contributed by atoms with Gasteiger partial charge in [0.15, 0.2) is 11.9 Å². The van der Waals surface area contributed by atoms with E-state index in [1.165, 1.54) is 35.1 Å². The predicted molar refractivity (Wildman–Crippen MR) is 142 cm³/mol. The summed E-state index contributed by atoms with van der Waals surface area (Å²) in [5, 5.41) is 40.5. The third kappa shape index (κ3) is 6.22. The number of alkyl halides is 2. The van der Waals surface area contributed by atoms with E-state index < -0.39 is 53.5 Å². The van der Waals surface area contributed by atoms with E-state index in [2.05, 4.69) is 20.6 Å². The maximum atomic E-state index is 14.9. The van der Waals surface area contributed by atoms with Gasteiger partial charge in [0, 0.05) is 18.3 Å². The van der Waals surface area contributed by atoms with Gasteiger partial charge in [-0.1, -0.05) is 35.5 Å². The summed E-state index contributed by atoms with van der Waals surface area (Å²) in [4.78, 5) is 39.5. The van der Waals surface area contributed by atoms with E-state index in [-0.39, 0.29) is 30.1 Å². The van der Waals surface area contributed by atoms with Crippen molar-refractivity contribution in [3.05, 3.63) is 98.7 Å². The lowest BCUT2D eigenvalue weighted by Gasteiger charge is -2.22. The van der Waals surface area contributed by atoms with Gasteiger partial charge in [-0.25, -0.2) is 14.3 Å². The second-order valence-corrected chi connectivity index (χ2v) is 9.43. The Labute approximate surface area is 240 Å². The summed E-state index contributed by atoms with van der Waals surface area (Å²) in [6.07, 6.45) is -5.14. The van der Waals surface area contributed by atoms with Crippen LogP contribution in [0.4, 0.5) is 25.1 Å². The van der Waals surface area contributed by atoms with Gasteiger partial charge in [0.2, 0.25) is 6.23 Å². The van der Waals surface area contributed by atoms with Crippen LogP contribution in [0.1, 0.15) is 17.4 Å². The molecule has 3 heterocycles. The van der Waals surface area contributed by atoms with Crippen molar-refractivity contribution < 1.29 is 38.2 Å². The standard InChI is InChI=1S/C26H23F2N7O8/c27-26(28)21(37)20(13-36)43-23(26)34-11-18(19-12-33(32-31-19)10-15-4-2-1-3-5-15)22(29-24(34)38)30-25(39)42-14-16-6-8-17(9-7-16)35(40)41/h1-9,11-12,20-21,23,36-37H,10,13-14H2,(H,29,30,38,39)/t20?,21?,23-/m1/s1. The van der Waals surface area contributed by atoms with E-state index in [0.717, 1.165) is 11.8 Å². The maximum absolute atomic E-state index is 14.9. The summed E-state index contributed by atoms with van der Waals surface area (Å²) in [6, 6.07) is 14.4. The fourth-order valence-electron chi connectivity index (χ4n) is 4.30. The lowest BCUT2D eigenvalue weighted by atomic mass is 10.1. The predicted octanol–water partition coefficient (Wildman–Crippen LogP) is 2.09. The number of benzene rings is 2. The number of halogens is 2. The second kappa shape index (κ2) is 12.0. The number of aliphatic hydroxyl groups is 2. The smallest absolute Gasteiger partial charge is 0.413 e. The summed E-state index contributed by atoms with van der Waals surface area (Å²) in [6.45, 7) is -0.947. The Morgan fingerprint density at radius 2 is 1.86 bits per heavy atom. The molecule has 1 saturated heterocycles. The summed E-state index contributed by atoms with van der Waals surface area (Å²) < 4.78 is 41.9. The van der Waals surface area contributed by atoms with Crippen LogP contribution in [0.25, 0.3) is 11.3 Å². The number of carbonyl (C=O) groups is 1. The average Bonchev–Trinajstić information content (AvgIpc) is 3.54. The van der Waals surface area contributed by atoms with Crippen LogP contribution in [-0.4, -0.2) is 70.5 Å². The first-order valence-corrected chi connectivity index (χ1v) is 12.6. The zero-order valence-electron chi connectivity index (χ0n) is 22.0. The topological polar surface area (TPSA) is 197 Å². The van der Waals surface area contributed by atoms with Gasteiger partial charge in [0.1, 0.15) is 18.4 Å². The Morgan fingerprint density at radius 1 is 1.14 bits per heavy atom. The second-order valence-electron chi connectivity index (χ2n) is 9.43. The molecule has 2 aromatic carbocycles. The molecule has 0 saturated carbocycles. The van der Waals surface area contributed by atoms with Gasteiger partial charge in [-0.2, -0.15) is 13.8 Å². The van der Waals surface area contributed by atoms with Crippen LogP contribution in [0.3, 0.4) is 0 Å². The molecule has 1 aliphatic rings. The average molecular weight is 600 g/mol. The molecule has 15 nitrogen and oxygen atoms in total. The Morgan fingerprint density at radius 3 is 2.51 bits per heavy atom. The Hall–Kier alpha value is -5.13. The van der Waals surface area contributed by atoms with Crippen molar-refractivity contribution in [1.82, 2.24) is 24.5 Å². The third-order valence-corrected chi connectivity index (χ3v) is 6.50. The molecule has 224 valence electrons. The lowest BCUT2D eigenvalue weighted by molar-refractivity contribution is -0.384. The zero-order valence-corrected chi connectivity index (χ0v) is 22.0. The SMILES string of the molecule is O=C(Nc1nc(=O)n([C@@H]2OC(CO)C(O)C2(F)F)cc1-c1cn(Cc2ccccc2)nn1)OCc1ccc([N+](=O)[O-])cc1. The molecule has 0 radical (unpaired) electrons. The molecular weight excluding hydrogens is 576 g/mol. The fourth-order valence-corrected chi connectivity index (χ4v) is 4.30. The van der Waals surface area contributed by atoms with Crippen LogP contribution in [0.15, 0.2) is 71.8 Å². The van der Waals surface area contributed by atoms with Crippen LogP contribution in [0.2, 0.25) is 0 Å². The Bertz CT molecular complexity index is 1680. The molecule has 0 aliphatic carbocycles. The monoisotopic (exact) mass is 599 g/mol. The fraction of sp³-hybridized carbons (Fsp3) is 0.269. The number of hydrogen-bond donors (Lipinski definition) is 3. The van der Waals surface area contributed by atoms with Crippen LogP contribution >= 0.6 is 0 Å². The molecule has 1 aliphatic heterocycles. The van der Waals surface area contributed by atoms with E-state index in [9.17, 15) is 38.7 Å². The minimum absolute atomic E-state index is 0.0309. The van der Waals surface area contributed by atoms with Gasteiger partial charge in [0.25, 0.3) is 5.69 Å². The number of nitro benzene ring substituents is 1. The number of nitrogens with zero attached hydrogens (tertiary/aromatic N) is 6. The van der Waals surface area contributed by atoms with Crippen LogP contribution in [0, 0.1) is 10.1 Å². The zero-order chi connectivity index (χ0) is 30.7. The minimum Gasteiger partial charge on any atom is -0.444 e. The van der Waals surface area contributed by atoms with Gasteiger partial charge in [-0.3, -0.25) is 20.0 Å². The highest BCUT2D eigenvalue weighted by Gasteiger charge is 2.59. The number of nitrogens with one attached hydrogen (secondary N) is 1. The third-order valence-electron chi connectivity index (χ3n) is 6.50. The quantitative estimate of drug-likeness (QED) is 0.188. The number of amides is 1. The van der Waals surface area contributed by atoms with Crippen LogP contribution in [-0.2, 0) is 22.6 Å². The van der Waals surface area contributed by atoms with Gasteiger partial charge in [-0.15, -0.1) is 5.10 Å². The molecule has 2 unspecified atom stereocenters. The van der Waals surface area contributed by atoms with Gasteiger partial charge in [0.05, 0.1) is 29.8 Å². The first-order chi connectivity index (χ1) is 20.6. The highest BCUT2D eigenvalue weighted by molar-refractivity contribution is 5.88. The molecule has 43 heavy (non-hydrogen) atoms. The van der Waals surface area contributed by atoms with E-state index >= 15 is 0 Å². The number of carbonyl (C=O) groups excluding carboxylic acids is 1. The summed E-state index contributed by atoms with van der Waals surface area (Å²) >= 11 is 0. The van der Waals surface area contributed by atoms with Crippen LogP contribution in [0.5, 0.6) is 0 Å². The number of aliphatic hydroxyl groups excluding tert-OH is 2. The van der Waals surface area contributed by atoms with Crippen molar-refractivity contribution in [2.24, 2.45) is 0 Å². The molecule has 4 aromatic rings. The highest BCUT2D eigenvalue weighted by atomic mass is 19.3. The number of ether oxygens (including phenoxy) is 2. The molecule has 3 N–H and O–H groups in total. The van der Waals surface area contributed by atoms with Gasteiger partial charge >= 0.3 is 17.7 Å². The van der Waals surface area contributed by atoms with Crippen molar-refractivity contribution in [2.45, 2.75) is 37.5 Å². The summed E-state index contributed by atoms with van der Waals surface area (Å²) in [5.74, 6) is -4.39. The van der Waals surface area contributed by atoms with Crippen molar-refractivity contribution in [3.63, 3.8) is 0 Å². The molecule has 1 amide bonds. The molecule has 2 aromatic heterocycles. The van der Waals surface area contributed by atoms with Gasteiger partial charge < -0.3 is 19.7 Å². The molecule has 0 bridgehead atoms. The number of hydrogen-bond acceptors (Lipinski definition) is 11. The lowest BCUT2D eigenvalue weighted by Crippen LogP contribution is -2.42. The largest absolute Gasteiger partial charge is 0.444 e. The molecular formula is C26H23F2N7O8. The van der Waals surface area contributed by atoms with Gasteiger partial charge in [-0.05, 0) is 23.3 Å². The minimum atomic E-state index is -3.99.